The largest absolute Gasteiger partial charge is 0.325 e. The molecule has 0 saturated heterocycles. The molecule has 4 N–H and O–H groups in total. The number of hydrazine groups is 1. The molecule has 88 valence electrons. The van der Waals surface area contributed by atoms with E-state index in [0.717, 1.165) is 18.5 Å². The molecule has 0 spiro atoms. The third-order valence-electron chi connectivity index (χ3n) is 2.71. The van der Waals surface area contributed by atoms with Gasteiger partial charge in [-0.1, -0.05) is 0 Å². The van der Waals surface area contributed by atoms with Crippen LogP contribution in [0.2, 0.25) is 0 Å². The zero-order valence-electron chi connectivity index (χ0n) is 9.31. The molecule has 1 aliphatic rings. The van der Waals surface area contributed by atoms with E-state index < -0.39 is 0 Å². The molecule has 0 radical (unpaired) electrons. The lowest BCUT2D eigenvalue weighted by Gasteiger charge is -2.08. The average Bonchev–Trinajstić information content (AvgIpc) is 3.04. The molecule has 1 fully saturated rings. The van der Waals surface area contributed by atoms with Gasteiger partial charge in [0, 0.05) is 10.4 Å². The minimum absolute atomic E-state index is 0.443. The number of anilines is 1. The topological polar surface area (TPSA) is 62.4 Å². The van der Waals surface area contributed by atoms with Crippen molar-refractivity contribution < 1.29 is 0 Å². The minimum atomic E-state index is 0.443. The van der Waals surface area contributed by atoms with E-state index in [2.05, 4.69) is 39.3 Å². The van der Waals surface area contributed by atoms with Crippen LogP contribution in [0.25, 0.3) is 10.1 Å². The fourth-order valence-corrected chi connectivity index (χ4v) is 2.44. The van der Waals surface area contributed by atoms with Crippen molar-refractivity contribution in [3.8, 4) is 0 Å². The standard InChI is InChI=1S/C12H14N4S/c13-16-12(14-9-1-2-9)15-10-3-4-11-8(7-10)5-6-17-11/h3-7,9H,1-2,13H2,(H2,14,15,16). The van der Waals surface area contributed by atoms with Crippen molar-refractivity contribution in [1.29, 1.82) is 0 Å². The minimum Gasteiger partial charge on any atom is -0.325 e. The predicted octanol–water partition coefficient (Wildman–Crippen LogP) is 2.29. The van der Waals surface area contributed by atoms with E-state index in [0.29, 0.717) is 12.0 Å². The Balaban J connectivity index is 1.82. The van der Waals surface area contributed by atoms with Gasteiger partial charge in [0.05, 0.1) is 6.04 Å². The Hall–Kier alpha value is -1.59. The van der Waals surface area contributed by atoms with Gasteiger partial charge >= 0.3 is 0 Å². The van der Waals surface area contributed by atoms with Gasteiger partial charge in [0.15, 0.2) is 0 Å². The first-order valence-electron chi connectivity index (χ1n) is 5.64. The van der Waals surface area contributed by atoms with Crippen molar-refractivity contribution in [2.24, 2.45) is 10.8 Å². The van der Waals surface area contributed by atoms with Crippen molar-refractivity contribution in [2.45, 2.75) is 18.9 Å². The molecular formula is C12H14N4S. The molecule has 17 heavy (non-hydrogen) atoms. The molecule has 1 saturated carbocycles. The van der Waals surface area contributed by atoms with Crippen LogP contribution in [0.3, 0.4) is 0 Å². The average molecular weight is 246 g/mol. The Labute approximate surface area is 104 Å². The van der Waals surface area contributed by atoms with Gasteiger partial charge in [0.1, 0.15) is 0 Å². The van der Waals surface area contributed by atoms with Gasteiger partial charge in [-0.2, -0.15) is 0 Å². The third-order valence-corrected chi connectivity index (χ3v) is 3.61. The van der Waals surface area contributed by atoms with Crippen LogP contribution in [0, 0.1) is 0 Å². The van der Waals surface area contributed by atoms with Crippen LogP contribution in [0.15, 0.2) is 34.6 Å². The number of hydrogen-bond donors (Lipinski definition) is 3. The number of rotatable bonds is 2. The highest BCUT2D eigenvalue weighted by Crippen LogP contribution is 2.25. The SMILES string of the molecule is NNC(=NC1CC1)Nc1ccc2sccc2c1. The molecule has 2 aromatic rings. The summed E-state index contributed by atoms with van der Waals surface area (Å²) in [5, 5.41) is 6.53. The first kappa shape index (κ1) is 10.6. The quantitative estimate of drug-likeness (QED) is 0.330. The number of benzene rings is 1. The molecule has 1 heterocycles. The normalized spacial score (nSPS) is 16.2. The van der Waals surface area contributed by atoms with Crippen LogP contribution in [0.1, 0.15) is 12.8 Å². The highest BCUT2D eigenvalue weighted by Gasteiger charge is 2.20. The van der Waals surface area contributed by atoms with Crippen LogP contribution >= 0.6 is 11.3 Å². The Kier molecular flexibility index (Phi) is 2.70. The van der Waals surface area contributed by atoms with Crippen molar-refractivity contribution in [1.82, 2.24) is 5.43 Å². The molecule has 1 aliphatic carbocycles. The maximum atomic E-state index is 5.45. The van der Waals surface area contributed by atoms with Gasteiger partial charge < -0.3 is 5.32 Å². The molecule has 0 unspecified atom stereocenters. The number of hydrogen-bond acceptors (Lipinski definition) is 3. The summed E-state index contributed by atoms with van der Waals surface area (Å²) in [6.45, 7) is 0. The lowest BCUT2D eigenvalue weighted by molar-refractivity contribution is 0.966. The van der Waals surface area contributed by atoms with Crippen LogP contribution in [-0.4, -0.2) is 12.0 Å². The van der Waals surface area contributed by atoms with Crippen molar-refractivity contribution in [3.63, 3.8) is 0 Å². The number of nitrogens with zero attached hydrogens (tertiary/aromatic N) is 1. The second kappa shape index (κ2) is 4.35. The smallest absolute Gasteiger partial charge is 0.210 e. The van der Waals surface area contributed by atoms with E-state index in [9.17, 15) is 0 Å². The van der Waals surface area contributed by atoms with Gasteiger partial charge in [-0.3, -0.25) is 5.43 Å². The Bertz CT molecular complexity index is 556. The summed E-state index contributed by atoms with van der Waals surface area (Å²) < 4.78 is 1.29. The number of nitrogens with two attached hydrogens (primary N) is 1. The predicted molar refractivity (Wildman–Crippen MR) is 73.2 cm³/mol. The summed E-state index contributed by atoms with van der Waals surface area (Å²) in [5.41, 5.74) is 3.61. The van der Waals surface area contributed by atoms with Gasteiger partial charge in [-0.25, -0.2) is 10.8 Å². The van der Waals surface area contributed by atoms with E-state index in [4.69, 9.17) is 5.84 Å². The highest BCUT2D eigenvalue weighted by atomic mass is 32.1. The fraction of sp³-hybridized carbons (Fsp3) is 0.250. The van der Waals surface area contributed by atoms with Crippen LogP contribution in [0.4, 0.5) is 5.69 Å². The first-order valence-corrected chi connectivity index (χ1v) is 6.52. The number of guanidine groups is 1. The Morgan fingerprint density at radius 3 is 3.00 bits per heavy atom. The molecular weight excluding hydrogens is 232 g/mol. The van der Waals surface area contributed by atoms with E-state index in [1.165, 1.54) is 10.1 Å². The van der Waals surface area contributed by atoms with Gasteiger partial charge in [-0.05, 0) is 47.9 Å². The summed E-state index contributed by atoms with van der Waals surface area (Å²) in [5.74, 6) is 6.09. The Morgan fingerprint density at radius 2 is 2.24 bits per heavy atom. The van der Waals surface area contributed by atoms with E-state index in [1.807, 2.05) is 6.07 Å². The van der Waals surface area contributed by atoms with Crippen LogP contribution in [-0.2, 0) is 0 Å². The summed E-state index contributed by atoms with van der Waals surface area (Å²) in [6, 6.07) is 8.80. The highest BCUT2D eigenvalue weighted by molar-refractivity contribution is 7.17. The maximum absolute atomic E-state index is 5.45. The molecule has 0 atom stereocenters. The summed E-state index contributed by atoms with van der Waals surface area (Å²) in [6.07, 6.45) is 2.33. The molecule has 1 aromatic carbocycles. The fourth-order valence-electron chi connectivity index (χ4n) is 1.67. The van der Waals surface area contributed by atoms with E-state index in [1.54, 1.807) is 11.3 Å². The third kappa shape index (κ3) is 2.40. The second-order valence-corrected chi connectivity index (χ2v) is 5.10. The van der Waals surface area contributed by atoms with E-state index >= 15 is 0 Å². The number of nitrogens with one attached hydrogen (secondary N) is 2. The van der Waals surface area contributed by atoms with Crippen molar-refractivity contribution >= 4 is 33.1 Å². The molecule has 4 nitrogen and oxygen atoms in total. The molecule has 0 bridgehead atoms. The monoisotopic (exact) mass is 246 g/mol. The van der Waals surface area contributed by atoms with Crippen LogP contribution < -0.4 is 16.6 Å². The lowest BCUT2D eigenvalue weighted by atomic mass is 10.2. The lowest BCUT2D eigenvalue weighted by Crippen LogP contribution is -2.36. The van der Waals surface area contributed by atoms with E-state index in [-0.39, 0.29) is 0 Å². The summed E-state index contributed by atoms with van der Waals surface area (Å²) >= 11 is 1.74. The second-order valence-electron chi connectivity index (χ2n) is 4.15. The number of fused-ring (bicyclic) bond motifs is 1. The number of aliphatic imine (C=N–C) groups is 1. The molecule has 1 aromatic heterocycles. The summed E-state index contributed by atoms with van der Waals surface area (Å²) in [4.78, 5) is 4.44. The van der Waals surface area contributed by atoms with Crippen molar-refractivity contribution in [2.75, 3.05) is 5.32 Å². The van der Waals surface area contributed by atoms with Gasteiger partial charge in [0.25, 0.3) is 0 Å². The maximum Gasteiger partial charge on any atom is 0.210 e. The molecule has 0 aliphatic heterocycles. The van der Waals surface area contributed by atoms with Crippen LogP contribution in [0.5, 0.6) is 0 Å². The zero-order chi connectivity index (χ0) is 11.7. The summed E-state index contributed by atoms with van der Waals surface area (Å²) in [7, 11) is 0. The zero-order valence-corrected chi connectivity index (χ0v) is 10.1. The number of thiophene rings is 1. The first-order chi connectivity index (χ1) is 8.35. The van der Waals surface area contributed by atoms with Gasteiger partial charge in [-0.15, -0.1) is 11.3 Å². The molecule has 3 rings (SSSR count). The van der Waals surface area contributed by atoms with Crippen molar-refractivity contribution in [3.05, 3.63) is 29.6 Å². The van der Waals surface area contributed by atoms with Gasteiger partial charge in [0.2, 0.25) is 5.96 Å². The molecule has 0 amide bonds. The Morgan fingerprint density at radius 1 is 1.35 bits per heavy atom. The molecule has 5 heteroatoms.